The van der Waals surface area contributed by atoms with Crippen LogP contribution in [0.1, 0.15) is 11.1 Å². The van der Waals surface area contributed by atoms with Crippen molar-refractivity contribution in [1.29, 1.82) is 0 Å². The Kier molecular flexibility index (Phi) is 4.36. The smallest absolute Gasteiger partial charge is 0.363 e. The number of ether oxygens (including phenoxy) is 3. The third-order valence-corrected chi connectivity index (χ3v) is 4.20. The highest BCUT2D eigenvalue weighted by Gasteiger charge is 2.26. The molecular formula is C20H14N2O6. The minimum atomic E-state index is -0.622. The van der Waals surface area contributed by atoms with Gasteiger partial charge in [-0.2, -0.15) is 0 Å². The average Bonchev–Trinajstić information content (AvgIpc) is 3.08. The molecule has 140 valence electrons. The first kappa shape index (κ1) is 17.5. The molecule has 0 atom stereocenters. The van der Waals surface area contributed by atoms with Gasteiger partial charge in [-0.05, 0) is 35.9 Å². The van der Waals surface area contributed by atoms with E-state index in [-0.39, 0.29) is 23.9 Å². The molecule has 0 spiro atoms. The zero-order chi connectivity index (χ0) is 19.7. The lowest BCUT2D eigenvalue weighted by atomic mass is 10.1. The lowest BCUT2D eigenvalue weighted by molar-refractivity contribution is -0.384. The van der Waals surface area contributed by atoms with E-state index in [0.717, 1.165) is 11.1 Å². The van der Waals surface area contributed by atoms with Crippen LogP contribution in [0.3, 0.4) is 0 Å². The van der Waals surface area contributed by atoms with Crippen molar-refractivity contribution in [2.45, 2.75) is 0 Å². The third-order valence-electron chi connectivity index (χ3n) is 4.20. The molecule has 0 aromatic heterocycles. The normalized spacial score (nSPS) is 16.6. The Labute approximate surface area is 159 Å². The van der Waals surface area contributed by atoms with Gasteiger partial charge in [0, 0.05) is 29.3 Å². The second-order valence-corrected chi connectivity index (χ2v) is 6.06. The summed E-state index contributed by atoms with van der Waals surface area (Å²) in [5, 5.41) is 10.9. The highest BCUT2D eigenvalue weighted by Crippen LogP contribution is 2.31. The molecule has 0 saturated carbocycles. The molecule has 2 aliphatic heterocycles. The number of aliphatic imine (C=N–C) groups is 1. The van der Waals surface area contributed by atoms with E-state index < -0.39 is 10.9 Å². The molecule has 0 saturated heterocycles. The number of benzene rings is 2. The van der Waals surface area contributed by atoms with Gasteiger partial charge >= 0.3 is 5.97 Å². The standard InChI is InChI=1S/C20H14N2O6/c1-26-16-6-5-13-7-12(11-27-18(13)10-16)8-17-20(23)28-19(21-17)14-3-2-4-15(9-14)22(24)25/h2-10H,11H2,1H3/b17-8+. The molecule has 2 aromatic rings. The van der Waals surface area contributed by atoms with Crippen molar-refractivity contribution < 1.29 is 23.9 Å². The number of methoxy groups -OCH3 is 1. The quantitative estimate of drug-likeness (QED) is 0.350. The Morgan fingerprint density at radius 1 is 1.25 bits per heavy atom. The third kappa shape index (κ3) is 3.35. The Morgan fingerprint density at radius 2 is 2.11 bits per heavy atom. The second kappa shape index (κ2) is 6.99. The topological polar surface area (TPSA) is 100 Å². The van der Waals surface area contributed by atoms with E-state index in [1.54, 1.807) is 25.3 Å². The van der Waals surface area contributed by atoms with Gasteiger partial charge in [0.05, 0.1) is 12.0 Å². The molecule has 28 heavy (non-hydrogen) atoms. The van der Waals surface area contributed by atoms with Crippen molar-refractivity contribution in [2.24, 2.45) is 4.99 Å². The van der Waals surface area contributed by atoms with Crippen molar-refractivity contribution >= 4 is 23.6 Å². The maximum atomic E-state index is 12.2. The molecule has 0 aliphatic carbocycles. The van der Waals surface area contributed by atoms with Crippen molar-refractivity contribution in [3.05, 3.63) is 81.1 Å². The van der Waals surface area contributed by atoms with Crippen LogP contribution in [0.2, 0.25) is 0 Å². The molecule has 0 radical (unpaired) electrons. The van der Waals surface area contributed by atoms with E-state index in [1.165, 1.54) is 18.2 Å². The molecule has 4 rings (SSSR count). The van der Waals surface area contributed by atoms with Gasteiger partial charge in [-0.1, -0.05) is 6.07 Å². The summed E-state index contributed by atoms with van der Waals surface area (Å²) < 4.78 is 16.1. The predicted molar refractivity (Wildman–Crippen MR) is 100 cm³/mol. The maximum Gasteiger partial charge on any atom is 0.363 e. The first-order valence-electron chi connectivity index (χ1n) is 8.32. The number of non-ortho nitro benzene ring substituents is 1. The van der Waals surface area contributed by atoms with Gasteiger partial charge in [0.15, 0.2) is 5.70 Å². The number of hydrogen-bond donors (Lipinski definition) is 0. The number of hydrogen-bond acceptors (Lipinski definition) is 7. The van der Waals surface area contributed by atoms with E-state index in [0.29, 0.717) is 17.1 Å². The van der Waals surface area contributed by atoms with Crippen LogP contribution in [0, 0.1) is 10.1 Å². The Hall–Kier alpha value is -3.94. The predicted octanol–water partition coefficient (Wildman–Crippen LogP) is 3.27. The molecule has 0 unspecified atom stereocenters. The van der Waals surface area contributed by atoms with Gasteiger partial charge in [-0.25, -0.2) is 9.79 Å². The summed E-state index contributed by atoms with van der Waals surface area (Å²) in [6.07, 6.45) is 3.47. The van der Waals surface area contributed by atoms with E-state index in [4.69, 9.17) is 14.2 Å². The van der Waals surface area contributed by atoms with Crippen LogP contribution < -0.4 is 9.47 Å². The zero-order valence-corrected chi connectivity index (χ0v) is 14.7. The lowest BCUT2D eigenvalue weighted by Crippen LogP contribution is -2.08. The first-order valence-corrected chi connectivity index (χ1v) is 8.32. The van der Waals surface area contributed by atoms with Crippen LogP contribution in [-0.4, -0.2) is 30.5 Å². The zero-order valence-electron chi connectivity index (χ0n) is 14.7. The molecule has 8 nitrogen and oxygen atoms in total. The van der Waals surface area contributed by atoms with Gasteiger partial charge in [0.2, 0.25) is 5.90 Å². The van der Waals surface area contributed by atoms with Gasteiger partial charge in [0.1, 0.15) is 18.1 Å². The Bertz CT molecular complexity index is 1080. The van der Waals surface area contributed by atoms with Crippen molar-refractivity contribution in [1.82, 2.24) is 0 Å². The molecule has 0 bridgehead atoms. The van der Waals surface area contributed by atoms with E-state index in [2.05, 4.69) is 4.99 Å². The van der Waals surface area contributed by atoms with Crippen molar-refractivity contribution in [3.8, 4) is 11.5 Å². The summed E-state index contributed by atoms with van der Waals surface area (Å²) in [7, 11) is 1.58. The number of fused-ring (bicyclic) bond motifs is 1. The summed E-state index contributed by atoms with van der Waals surface area (Å²) in [5.74, 6) is 0.793. The fourth-order valence-electron chi connectivity index (χ4n) is 2.83. The molecule has 2 aromatic carbocycles. The fraction of sp³-hybridized carbons (Fsp3) is 0.100. The van der Waals surface area contributed by atoms with Gasteiger partial charge in [-0.3, -0.25) is 10.1 Å². The number of carbonyl (C=O) groups is 1. The maximum absolute atomic E-state index is 12.2. The lowest BCUT2D eigenvalue weighted by Gasteiger charge is -2.16. The first-order chi connectivity index (χ1) is 13.5. The van der Waals surface area contributed by atoms with Crippen LogP contribution in [0.5, 0.6) is 11.5 Å². The molecule has 2 aliphatic rings. The van der Waals surface area contributed by atoms with E-state index in [9.17, 15) is 14.9 Å². The summed E-state index contributed by atoms with van der Waals surface area (Å²) in [4.78, 5) is 26.7. The van der Waals surface area contributed by atoms with Crippen LogP contribution in [0.15, 0.2) is 64.8 Å². The number of nitro groups is 1. The minimum Gasteiger partial charge on any atom is -0.497 e. The van der Waals surface area contributed by atoms with Gasteiger partial charge in [0.25, 0.3) is 5.69 Å². The van der Waals surface area contributed by atoms with Crippen LogP contribution in [0.25, 0.3) is 6.08 Å². The van der Waals surface area contributed by atoms with Gasteiger partial charge < -0.3 is 14.2 Å². The highest BCUT2D eigenvalue weighted by molar-refractivity contribution is 6.11. The highest BCUT2D eigenvalue weighted by atomic mass is 16.6. The number of nitrogens with zero attached hydrogens (tertiary/aromatic N) is 2. The van der Waals surface area contributed by atoms with Crippen molar-refractivity contribution in [3.63, 3.8) is 0 Å². The number of cyclic esters (lactones) is 1. The molecule has 8 heteroatoms. The fourth-order valence-corrected chi connectivity index (χ4v) is 2.83. The SMILES string of the molecule is COc1ccc2c(c1)OCC(/C=C1/N=C(c3cccc([N+](=O)[O-])c3)OC1=O)=C2. The van der Waals surface area contributed by atoms with E-state index in [1.807, 2.05) is 18.2 Å². The Balaban J connectivity index is 1.63. The van der Waals surface area contributed by atoms with Gasteiger partial charge in [-0.15, -0.1) is 0 Å². The van der Waals surface area contributed by atoms with Crippen LogP contribution in [0.4, 0.5) is 5.69 Å². The summed E-state index contributed by atoms with van der Waals surface area (Å²) in [6, 6.07) is 11.2. The number of rotatable bonds is 4. The van der Waals surface area contributed by atoms with Crippen LogP contribution >= 0.6 is 0 Å². The van der Waals surface area contributed by atoms with Crippen LogP contribution in [-0.2, 0) is 9.53 Å². The molecular weight excluding hydrogens is 364 g/mol. The summed E-state index contributed by atoms with van der Waals surface area (Å²) >= 11 is 0. The monoisotopic (exact) mass is 378 g/mol. The number of esters is 1. The largest absolute Gasteiger partial charge is 0.497 e. The average molecular weight is 378 g/mol. The molecule has 0 fully saturated rings. The number of carbonyl (C=O) groups excluding carboxylic acids is 1. The Morgan fingerprint density at radius 3 is 2.89 bits per heavy atom. The molecule has 0 N–H and O–H groups in total. The second-order valence-electron chi connectivity index (χ2n) is 6.06. The van der Waals surface area contributed by atoms with Crippen molar-refractivity contribution in [2.75, 3.05) is 13.7 Å². The molecule has 0 amide bonds. The number of nitro benzene ring substituents is 1. The van der Waals surface area contributed by atoms with E-state index >= 15 is 0 Å². The molecule has 2 heterocycles. The summed E-state index contributed by atoms with van der Waals surface area (Å²) in [6.45, 7) is 0.263. The minimum absolute atomic E-state index is 0.0300. The summed E-state index contributed by atoms with van der Waals surface area (Å²) in [5.41, 5.74) is 1.96.